The number of ether oxygens (including phenoxy) is 1. The van der Waals surface area contributed by atoms with Crippen molar-refractivity contribution in [3.8, 4) is 0 Å². The van der Waals surface area contributed by atoms with E-state index in [9.17, 15) is 4.79 Å². The van der Waals surface area contributed by atoms with Gasteiger partial charge >= 0.3 is 0 Å². The molecule has 2 N–H and O–H groups in total. The lowest BCUT2D eigenvalue weighted by molar-refractivity contribution is -0.124. The summed E-state index contributed by atoms with van der Waals surface area (Å²) in [5.74, 6) is 0.284. The van der Waals surface area contributed by atoms with Crippen LogP contribution in [0.4, 0.5) is 0 Å². The van der Waals surface area contributed by atoms with E-state index in [0.717, 1.165) is 0 Å². The number of aliphatic hydroxyl groups excluding tert-OH is 1. The Morgan fingerprint density at radius 1 is 1.69 bits per heavy atom. The molecule has 1 rings (SSSR count). The van der Waals surface area contributed by atoms with Crippen LogP contribution in [0.3, 0.4) is 0 Å². The molecule has 5 heteroatoms. The van der Waals surface area contributed by atoms with E-state index in [2.05, 4.69) is 5.32 Å². The highest BCUT2D eigenvalue weighted by atomic mass is 35.5. The van der Waals surface area contributed by atoms with Crippen LogP contribution >= 0.6 is 11.6 Å². The van der Waals surface area contributed by atoms with Crippen molar-refractivity contribution in [2.75, 3.05) is 25.7 Å². The molecule has 0 unspecified atom stereocenters. The van der Waals surface area contributed by atoms with Crippen LogP contribution in [0.25, 0.3) is 0 Å². The SMILES string of the molecule is O=C1N[C@H](CO)C[C@@H]1COCCCl. The number of amides is 1. The molecule has 1 saturated heterocycles. The van der Waals surface area contributed by atoms with E-state index in [1.807, 2.05) is 0 Å². The minimum Gasteiger partial charge on any atom is -0.394 e. The van der Waals surface area contributed by atoms with Crippen LogP contribution in [-0.4, -0.2) is 42.8 Å². The summed E-state index contributed by atoms with van der Waals surface area (Å²) in [5.41, 5.74) is 0. The maximum absolute atomic E-state index is 11.2. The van der Waals surface area contributed by atoms with Gasteiger partial charge in [-0.1, -0.05) is 0 Å². The lowest BCUT2D eigenvalue weighted by Gasteiger charge is -2.06. The number of alkyl halides is 1. The average Bonchev–Trinajstić information content (AvgIpc) is 2.48. The molecule has 1 aliphatic rings. The zero-order chi connectivity index (χ0) is 9.68. The minimum atomic E-state index is -0.125. The van der Waals surface area contributed by atoms with E-state index in [-0.39, 0.29) is 24.5 Å². The Kier molecular flexibility index (Phi) is 4.48. The van der Waals surface area contributed by atoms with Crippen molar-refractivity contribution in [2.24, 2.45) is 5.92 Å². The smallest absolute Gasteiger partial charge is 0.225 e. The Labute approximate surface area is 82.2 Å². The van der Waals surface area contributed by atoms with Gasteiger partial charge in [0.2, 0.25) is 5.91 Å². The zero-order valence-electron chi connectivity index (χ0n) is 7.33. The first-order chi connectivity index (χ1) is 6.27. The highest BCUT2D eigenvalue weighted by molar-refractivity contribution is 6.17. The van der Waals surface area contributed by atoms with Gasteiger partial charge in [0.1, 0.15) is 0 Å². The van der Waals surface area contributed by atoms with Crippen LogP contribution in [-0.2, 0) is 9.53 Å². The van der Waals surface area contributed by atoms with Crippen LogP contribution in [0.5, 0.6) is 0 Å². The van der Waals surface area contributed by atoms with Crippen molar-refractivity contribution in [1.29, 1.82) is 0 Å². The fourth-order valence-corrected chi connectivity index (χ4v) is 1.48. The largest absolute Gasteiger partial charge is 0.394 e. The lowest BCUT2D eigenvalue weighted by Crippen LogP contribution is -2.29. The van der Waals surface area contributed by atoms with E-state index < -0.39 is 0 Å². The topological polar surface area (TPSA) is 58.6 Å². The number of nitrogens with one attached hydrogen (secondary N) is 1. The number of halogens is 1. The van der Waals surface area contributed by atoms with Gasteiger partial charge in [-0.05, 0) is 6.42 Å². The predicted molar refractivity (Wildman–Crippen MR) is 48.7 cm³/mol. The molecule has 76 valence electrons. The third-order valence-electron chi connectivity index (χ3n) is 2.05. The van der Waals surface area contributed by atoms with Crippen molar-refractivity contribution >= 4 is 17.5 Å². The second-order valence-corrected chi connectivity index (χ2v) is 3.46. The first-order valence-corrected chi connectivity index (χ1v) is 4.86. The maximum atomic E-state index is 11.2. The van der Waals surface area contributed by atoms with Crippen molar-refractivity contribution in [3.05, 3.63) is 0 Å². The molecule has 4 nitrogen and oxygen atoms in total. The Bertz CT molecular complexity index is 177. The number of hydrogen-bond donors (Lipinski definition) is 2. The van der Waals surface area contributed by atoms with Crippen molar-refractivity contribution < 1.29 is 14.6 Å². The summed E-state index contributed by atoms with van der Waals surface area (Å²) in [5, 5.41) is 11.5. The van der Waals surface area contributed by atoms with Crippen molar-refractivity contribution in [2.45, 2.75) is 12.5 Å². The normalized spacial score (nSPS) is 27.7. The molecule has 0 aromatic carbocycles. The van der Waals surface area contributed by atoms with E-state index in [4.69, 9.17) is 21.4 Å². The van der Waals surface area contributed by atoms with Gasteiger partial charge in [0.25, 0.3) is 0 Å². The minimum absolute atomic E-state index is 0.00224. The summed E-state index contributed by atoms with van der Waals surface area (Å²) in [6.45, 7) is 0.863. The summed E-state index contributed by atoms with van der Waals surface area (Å²) < 4.78 is 5.16. The summed E-state index contributed by atoms with van der Waals surface area (Å²) in [4.78, 5) is 11.2. The van der Waals surface area contributed by atoms with Gasteiger partial charge in [-0.3, -0.25) is 4.79 Å². The molecule has 0 aromatic rings. The summed E-state index contributed by atoms with van der Waals surface area (Å²) in [7, 11) is 0. The molecule has 0 saturated carbocycles. The van der Waals surface area contributed by atoms with Gasteiger partial charge in [-0.2, -0.15) is 0 Å². The molecule has 1 heterocycles. The maximum Gasteiger partial charge on any atom is 0.225 e. The highest BCUT2D eigenvalue weighted by Gasteiger charge is 2.31. The Balaban J connectivity index is 2.23. The molecule has 0 aromatic heterocycles. The Morgan fingerprint density at radius 3 is 3.00 bits per heavy atom. The molecule has 1 aliphatic heterocycles. The molecular formula is C8H14ClNO3. The molecule has 0 aliphatic carbocycles. The van der Waals surface area contributed by atoms with Crippen LogP contribution in [0.15, 0.2) is 0 Å². The molecule has 1 amide bonds. The third kappa shape index (κ3) is 3.14. The summed E-state index contributed by atoms with van der Waals surface area (Å²) >= 11 is 5.41. The first kappa shape index (κ1) is 10.8. The van der Waals surface area contributed by atoms with Gasteiger partial charge in [0.05, 0.1) is 31.8 Å². The van der Waals surface area contributed by atoms with Crippen LogP contribution < -0.4 is 5.32 Å². The second-order valence-electron chi connectivity index (χ2n) is 3.08. The van der Waals surface area contributed by atoms with E-state index in [1.54, 1.807) is 0 Å². The van der Waals surface area contributed by atoms with Crippen LogP contribution in [0.2, 0.25) is 0 Å². The van der Waals surface area contributed by atoms with Gasteiger partial charge in [-0.15, -0.1) is 11.6 Å². The number of hydrogen-bond acceptors (Lipinski definition) is 3. The van der Waals surface area contributed by atoms with Crippen molar-refractivity contribution in [1.82, 2.24) is 5.32 Å². The number of aliphatic hydroxyl groups is 1. The van der Waals surface area contributed by atoms with Gasteiger partial charge in [0.15, 0.2) is 0 Å². The Morgan fingerprint density at radius 2 is 2.46 bits per heavy atom. The number of carbonyl (C=O) groups is 1. The standard InChI is InChI=1S/C8H14ClNO3/c9-1-2-13-5-6-3-7(4-11)10-8(6)12/h6-7,11H,1-5H2,(H,10,12)/t6-,7+/m1/s1. The molecule has 0 bridgehead atoms. The summed E-state index contributed by atoms with van der Waals surface area (Å²) in [6, 6.07) is -0.0999. The number of rotatable bonds is 5. The molecule has 13 heavy (non-hydrogen) atoms. The molecule has 0 spiro atoms. The van der Waals surface area contributed by atoms with Crippen molar-refractivity contribution in [3.63, 3.8) is 0 Å². The molecule has 0 radical (unpaired) electrons. The second kappa shape index (κ2) is 5.42. The molecule has 2 atom stereocenters. The monoisotopic (exact) mass is 207 g/mol. The first-order valence-electron chi connectivity index (χ1n) is 4.33. The van der Waals surface area contributed by atoms with Crippen LogP contribution in [0, 0.1) is 5.92 Å². The van der Waals surface area contributed by atoms with Gasteiger partial charge in [0, 0.05) is 5.88 Å². The van der Waals surface area contributed by atoms with Gasteiger partial charge < -0.3 is 15.2 Å². The van der Waals surface area contributed by atoms with E-state index >= 15 is 0 Å². The fraction of sp³-hybridized carbons (Fsp3) is 0.875. The zero-order valence-corrected chi connectivity index (χ0v) is 8.09. The quantitative estimate of drug-likeness (QED) is 0.483. The predicted octanol–water partition coefficient (Wildman–Crippen LogP) is -0.261. The fourth-order valence-electron chi connectivity index (χ4n) is 1.37. The van der Waals surface area contributed by atoms with E-state index in [0.29, 0.717) is 25.5 Å². The lowest BCUT2D eigenvalue weighted by atomic mass is 10.1. The third-order valence-corrected chi connectivity index (χ3v) is 2.20. The van der Waals surface area contributed by atoms with Crippen LogP contribution in [0.1, 0.15) is 6.42 Å². The molecular weight excluding hydrogens is 194 g/mol. The van der Waals surface area contributed by atoms with E-state index in [1.165, 1.54) is 0 Å². The number of carbonyl (C=O) groups excluding carboxylic acids is 1. The molecule has 1 fully saturated rings. The average molecular weight is 208 g/mol. The summed E-state index contributed by atoms with van der Waals surface area (Å²) in [6.07, 6.45) is 0.650. The highest BCUT2D eigenvalue weighted by Crippen LogP contribution is 2.15. The Hall–Kier alpha value is -0.320. The van der Waals surface area contributed by atoms with Gasteiger partial charge in [-0.25, -0.2) is 0 Å².